The standard InChI is InChI=1S/C27H31N3O6S/c1-17(2)36-21-6-8-22(9-7-21)37(34,35)30-12-11-19(14-30)24-15-29(16-26(31)32)25-13-18(3-10-23(24)25)27(33)28-20-4-5-20/h3,6-10,13,15,17,19-20H,4-5,11-12,14,16H2,1-2H3,(H,28,33)(H,31,32). The van der Waals surface area contributed by atoms with Crippen LogP contribution in [-0.4, -0.2) is 59.5 Å². The SMILES string of the molecule is CC(C)Oc1ccc(S(=O)(=O)N2CCC(c3cn(CC(=O)O)c4cc(C(=O)NC5CC5)ccc34)C2)cc1. The van der Waals surface area contributed by atoms with Crippen molar-refractivity contribution in [3.63, 3.8) is 0 Å². The Morgan fingerprint density at radius 3 is 2.49 bits per heavy atom. The lowest BCUT2D eigenvalue weighted by Gasteiger charge is -2.17. The first kappa shape index (κ1) is 25.3. The zero-order valence-corrected chi connectivity index (χ0v) is 21.7. The van der Waals surface area contributed by atoms with E-state index in [2.05, 4.69) is 5.32 Å². The molecule has 9 nitrogen and oxygen atoms in total. The Labute approximate surface area is 216 Å². The van der Waals surface area contributed by atoms with Gasteiger partial charge in [0.05, 0.1) is 11.0 Å². The second-order valence-electron chi connectivity index (χ2n) is 10.1. The van der Waals surface area contributed by atoms with Crippen LogP contribution in [0.15, 0.2) is 53.6 Å². The number of rotatable bonds is 9. The zero-order valence-electron chi connectivity index (χ0n) is 20.9. The van der Waals surface area contributed by atoms with Gasteiger partial charge in [-0.2, -0.15) is 4.31 Å². The molecule has 10 heteroatoms. The molecule has 2 fully saturated rings. The fourth-order valence-corrected chi connectivity index (χ4v) is 6.37. The van der Waals surface area contributed by atoms with Crippen molar-refractivity contribution < 1.29 is 27.9 Å². The molecule has 1 aliphatic heterocycles. The van der Waals surface area contributed by atoms with E-state index in [1.54, 1.807) is 47.2 Å². The molecule has 1 atom stereocenters. The number of nitrogens with zero attached hydrogens (tertiary/aromatic N) is 2. The average Bonchev–Trinajstić information content (AvgIpc) is 3.39. The molecule has 0 spiro atoms. The lowest BCUT2D eigenvalue weighted by atomic mass is 9.97. The van der Waals surface area contributed by atoms with Gasteiger partial charge in [-0.25, -0.2) is 8.42 Å². The van der Waals surface area contributed by atoms with E-state index < -0.39 is 16.0 Å². The predicted octanol–water partition coefficient (Wildman–Crippen LogP) is 3.58. The fraction of sp³-hybridized carbons (Fsp3) is 0.407. The third-order valence-corrected chi connectivity index (χ3v) is 8.70. The normalized spacial score (nSPS) is 18.4. The highest BCUT2D eigenvalue weighted by Crippen LogP contribution is 2.36. The van der Waals surface area contributed by atoms with Gasteiger partial charge in [-0.15, -0.1) is 0 Å². The summed E-state index contributed by atoms with van der Waals surface area (Å²) in [6, 6.07) is 12.0. The lowest BCUT2D eigenvalue weighted by molar-refractivity contribution is -0.137. The Kier molecular flexibility index (Phi) is 6.72. The number of carbonyl (C=O) groups is 2. The molecular weight excluding hydrogens is 494 g/mol. The van der Waals surface area contributed by atoms with Crippen LogP contribution in [0.3, 0.4) is 0 Å². The quantitative estimate of drug-likeness (QED) is 0.441. The van der Waals surface area contributed by atoms with Gasteiger partial charge in [0.2, 0.25) is 10.0 Å². The summed E-state index contributed by atoms with van der Waals surface area (Å²) in [5.74, 6) is -0.638. The van der Waals surface area contributed by atoms with Crippen LogP contribution in [0.2, 0.25) is 0 Å². The number of benzene rings is 2. The van der Waals surface area contributed by atoms with Crippen LogP contribution >= 0.6 is 0 Å². The maximum Gasteiger partial charge on any atom is 0.323 e. The number of hydrogen-bond acceptors (Lipinski definition) is 5. The minimum Gasteiger partial charge on any atom is -0.491 e. The summed E-state index contributed by atoms with van der Waals surface area (Å²) < 4.78 is 35.4. The minimum atomic E-state index is -3.69. The molecule has 0 bridgehead atoms. The number of carbonyl (C=O) groups excluding carboxylic acids is 1. The van der Waals surface area contributed by atoms with Gasteiger partial charge in [0.25, 0.3) is 5.91 Å². The third-order valence-electron chi connectivity index (χ3n) is 6.82. The van der Waals surface area contributed by atoms with Crippen molar-refractivity contribution >= 4 is 32.8 Å². The van der Waals surface area contributed by atoms with Crippen molar-refractivity contribution in [1.82, 2.24) is 14.2 Å². The first-order valence-corrected chi connectivity index (χ1v) is 14.0. The van der Waals surface area contributed by atoms with Crippen LogP contribution in [0.5, 0.6) is 5.75 Å². The summed E-state index contributed by atoms with van der Waals surface area (Å²) in [7, 11) is -3.69. The molecule has 1 unspecified atom stereocenters. The van der Waals surface area contributed by atoms with Crippen LogP contribution in [0.25, 0.3) is 10.9 Å². The molecule has 196 valence electrons. The van der Waals surface area contributed by atoms with Crippen molar-refractivity contribution in [2.45, 2.75) is 62.6 Å². The van der Waals surface area contributed by atoms with E-state index in [0.717, 1.165) is 23.8 Å². The number of carboxylic acids is 1. The molecule has 3 aromatic rings. The van der Waals surface area contributed by atoms with E-state index in [-0.39, 0.29) is 35.4 Å². The molecule has 1 aliphatic carbocycles. The van der Waals surface area contributed by atoms with Crippen LogP contribution in [0.1, 0.15) is 54.9 Å². The number of amides is 1. The number of nitrogens with one attached hydrogen (secondary N) is 1. The summed E-state index contributed by atoms with van der Waals surface area (Å²) in [4.78, 5) is 24.3. The number of aliphatic carboxylic acids is 1. The van der Waals surface area contributed by atoms with Crippen molar-refractivity contribution in [3.8, 4) is 5.75 Å². The molecule has 2 aromatic carbocycles. The van der Waals surface area contributed by atoms with E-state index in [4.69, 9.17) is 4.74 Å². The van der Waals surface area contributed by atoms with Crippen LogP contribution < -0.4 is 10.1 Å². The highest BCUT2D eigenvalue weighted by molar-refractivity contribution is 7.89. The van der Waals surface area contributed by atoms with Crippen LogP contribution in [0.4, 0.5) is 0 Å². The molecule has 2 N–H and O–H groups in total. The maximum atomic E-state index is 13.3. The summed E-state index contributed by atoms with van der Waals surface area (Å²) in [5, 5.41) is 13.3. The molecule has 1 amide bonds. The molecule has 1 saturated heterocycles. The Hall–Kier alpha value is -3.37. The molecule has 2 heterocycles. The second-order valence-corrected chi connectivity index (χ2v) is 12.0. The Morgan fingerprint density at radius 1 is 1.11 bits per heavy atom. The molecule has 5 rings (SSSR count). The second kappa shape index (κ2) is 9.83. The van der Waals surface area contributed by atoms with Gasteiger partial charge < -0.3 is 19.7 Å². The molecule has 0 radical (unpaired) electrons. The molecule has 1 saturated carbocycles. The van der Waals surface area contributed by atoms with E-state index in [1.807, 2.05) is 19.9 Å². The van der Waals surface area contributed by atoms with Gasteiger partial charge in [-0.1, -0.05) is 6.07 Å². The zero-order chi connectivity index (χ0) is 26.3. The molecular formula is C27H31N3O6S. The Bertz CT molecular complexity index is 1440. The van der Waals surface area contributed by atoms with E-state index >= 15 is 0 Å². The first-order chi connectivity index (χ1) is 17.6. The Morgan fingerprint density at radius 2 is 1.84 bits per heavy atom. The first-order valence-electron chi connectivity index (χ1n) is 12.5. The maximum absolute atomic E-state index is 13.3. The fourth-order valence-electron chi connectivity index (χ4n) is 4.87. The van der Waals surface area contributed by atoms with E-state index in [0.29, 0.717) is 36.3 Å². The number of fused-ring (bicyclic) bond motifs is 1. The lowest BCUT2D eigenvalue weighted by Crippen LogP contribution is -2.28. The van der Waals surface area contributed by atoms with E-state index in [9.17, 15) is 23.1 Å². The van der Waals surface area contributed by atoms with Gasteiger partial charge in [0.1, 0.15) is 12.3 Å². The smallest absolute Gasteiger partial charge is 0.323 e. The van der Waals surface area contributed by atoms with Gasteiger partial charge in [0.15, 0.2) is 0 Å². The van der Waals surface area contributed by atoms with Gasteiger partial charge in [-0.05, 0) is 75.1 Å². The molecule has 1 aromatic heterocycles. The summed E-state index contributed by atoms with van der Waals surface area (Å²) in [6.45, 7) is 4.23. The van der Waals surface area contributed by atoms with Gasteiger partial charge >= 0.3 is 5.97 Å². The summed E-state index contributed by atoms with van der Waals surface area (Å²) in [5.41, 5.74) is 2.03. The highest BCUT2D eigenvalue weighted by Gasteiger charge is 2.35. The summed E-state index contributed by atoms with van der Waals surface area (Å²) >= 11 is 0. The summed E-state index contributed by atoms with van der Waals surface area (Å²) in [6.07, 6.45) is 4.35. The monoisotopic (exact) mass is 525 g/mol. The largest absolute Gasteiger partial charge is 0.491 e. The van der Waals surface area contributed by atoms with Crippen molar-refractivity contribution in [2.75, 3.05) is 13.1 Å². The van der Waals surface area contributed by atoms with Crippen molar-refractivity contribution in [2.24, 2.45) is 0 Å². The Balaban J connectivity index is 1.40. The number of carboxylic acid groups (broad SMARTS) is 1. The van der Waals surface area contributed by atoms with Gasteiger partial charge in [-0.3, -0.25) is 9.59 Å². The van der Waals surface area contributed by atoms with Crippen LogP contribution in [0, 0.1) is 0 Å². The molecule has 37 heavy (non-hydrogen) atoms. The topological polar surface area (TPSA) is 118 Å². The molecule has 2 aliphatic rings. The number of hydrogen-bond donors (Lipinski definition) is 2. The number of ether oxygens (including phenoxy) is 1. The van der Waals surface area contributed by atoms with Crippen LogP contribution in [-0.2, 0) is 21.4 Å². The van der Waals surface area contributed by atoms with Crippen molar-refractivity contribution in [1.29, 1.82) is 0 Å². The van der Waals surface area contributed by atoms with Gasteiger partial charge in [0, 0.05) is 47.7 Å². The van der Waals surface area contributed by atoms with E-state index in [1.165, 1.54) is 4.31 Å². The van der Waals surface area contributed by atoms with Crippen molar-refractivity contribution in [3.05, 3.63) is 59.8 Å². The number of aromatic nitrogens is 1. The average molecular weight is 526 g/mol. The third kappa shape index (κ3) is 5.35. The highest BCUT2D eigenvalue weighted by atomic mass is 32.2. The predicted molar refractivity (Wildman–Crippen MR) is 138 cm³/mol. The number of sulfonamides is 1. The minimum absolute atomic E-state index is 0.00582.